The molecule has 1 saturated heterocycles. The number of ether oxygens (including phenoxy) is 3. The number of carbonyl (C=O) groups excluding carboxylic acids is 1. The monoisotopic (exact) mass is 412 g/mol. The summed E-state index contributed by atoms with van der Waals surface area (Å²) in [5.41, 5.74) is 2.53. The van der Waals surface area contributed by atoms with Gasteiger partial charge in [-0.2, -0.15) is 0 Å². The van der Waals surface area contributed by atoms with Crippen LogP contribution >= 0.6 is 0 Å². The summed E-state index contributed by atoms with van der Waals surface area (Å²) in [6.07, 6.45) is 0.644. The first-order valence-corrected chi connectivity index (χ1v) is 9.78. The second kappa shape index (κ2) is 7.95. The number of hydrogen-bond donors (Lipinski definition) is 0. The standard InChI is InChI=1S/C22H24N2O6/c1-28-16-11-14-9-10-23-19(15(14)12-17(16)29-2)20(24(26)27)18(21(23)22(25)30-3)13-7-5-4-6-8-13/h4-8,11-12,18-21H,9-10H2,1-3H3/t18-,19-,20-,21+/m1/s1. The van der Waals surface area contributed by atoms with Gasteiger partial charge in [0.2, 0.25) is 6.04 Å². The Labute approximate surface area is 174 Å². The molecule has 0 radical (unpaired) electrons. The predicted octanol–water partition coefficient (Wildman–Crippen LogP) is 2.59. The third kappa shape index (κ3) is 3.08. The van der Waals surface area contributed by atoms with Gasteiger partial charge < -0.3 is 14.2 Å². The van der Waals surface area contributed by atoms with E-state index in [-0.39, 0.29) is 4.92 Å². The maximum absolute atomic E-state index is 12.8. The number of nitrogens with zero attached hydrogens (tertiary/aromatic N) is 2. The van der Waals surface area contributed by atoms with Gasteiger partial charge in [-0.15, -0.1) is 0 Å². The summed E-state index contributed by atoms with van der Waals surface area (Å²) in [5.74, 6) is 0.0160. The number of hydrogen-bond acceptors (Lipinski definition) is 7. The van der Waals surface area contributed by atoms with E-state index in [1.54, 1.807) is 7.11 Å². The van der Waals surface area contributed by atoms with Gasteiger partial charge in [0.1, 0.15) is 12.1 Å². The number of rotatable bonds is 5. The molecule has 8 heteroatoms. The minimum absolute atomic E-state index is 0.260. The molecule has 8 nitrogen and oxygen atoms in total. The van der Waals surface area contributed by atoms with Crippen LogP contribution in [0.1, 0.15) is 28.7 Å². The van der Waals surface area contributed by atoms with Crippen molar-refractivity contribution in [2.75, 3.05) is 27.9 Å². The molecule has 4 atom stereocenters. The smallest absolute Gasteiger partial charge is 0.324 e. The molecule has 0 N–H and O–H groups in total. The van der Waals surface area contributed by atoms with E-state index in [4.69, 9.17) is 14.2 Å². The molecule has 2 aromatic carbocycles. The lowest BCUT2D eigenvalue weighted by molar-refractivity contribution is -0.529. The van der Waals surface area contributed by atoms with Crippen molar-refractivity contribution in [3.63, 3.8) is 0 Å². The molecule has 0 unspecified atom stereocenters. The largest absolute Gasteiger partial charge is 0.493 e. The summed E-state index contributed by atoms with van der Waals surface area (Å²) in [5, 5.41) is 12.4. The van der Waals surface area contributed by atoms with Crippen molar-refractivity contribution >= 4 is 5.97 Å². The van der Waals surface area contributed by atoms with Gasteiger partial charge in [0.15, 0.2) is 11.5 Å². The van der Waals surface area contributed by atoms with Crippen molar-refractivity contribution in [3.05, 3.63) is 69.3 Å². The van der Waals surface area contributed by atoms with Crippen LogP contribution in [0.4, 0.5) is 0 Å². The molecule has 0 aliphatic carbocycles. The molecule has 2 aliphatic heterocycles. The van der Waals surface area contributed by atoms with Crippen molar-refractivity contribution < 1.29 is 23.9 Å². The number of fused-ring (bicyclic) bond motifs is 3. The summed E-state index contributed by atoms with van der Waals surface area (Å²) in [6.45, 7) is 0.514. The maximum atomic E-state index is 12.8. The van der Waals surface area contributed by atoms with Crippen LogP contribution in [0, 0.1) is 10.1 Å². The van der Waals surface area contributed by atoms with E-state index < -0.39 is 30.0 Å². The van der Waals surface area contributed by atoms with E-state index in [0.29, 0.717) is 24.5 Å². The van der Waals surface area contributed by atoms with Gasteiger partial charge in [-0.25, -0.2) is 0 Å². The van der Waals surface area contributed by atoms with Crippen molar-refractivity contribution in [2.24, 2.45) is 0 Å². The highest BCUT2D eigenvalue weighted by Crippen LogP contribution is 2.51. The number of benzene rings is 2. The van der Waals surface area contributed by atoms with Gasteiger partial charge in [-0.3, -0.25) is 19.8 Å². The Morgan fingerprint density at radius 1 is 1.10 bits per heavy atom. The van der Waals surface area contributed by atoms with Crippen LogP contribution in [0.3, 0.4) is 0 Å². The quantitative estimate of drug-likeness (QED) is 0.423. The lowest BCUT2D eigenvalue weighted by Gasteiger charge is -2.34. The van der Waals surface area contributed by atoms with Crippen molar-refractivity contribution in [1.82, 2.24) is 4.90 Å². The third-order valence-corrected chi connectivity index (χ3v) is 6.22. The van der Waals surface area contributed by atoms with Crippen LogP contribution in [0.5, 0.6) is 11.5 Å². The van der Waals surface area contributed by atoms with Gasteiger partial charge in [-0.1, -0.05) is 30.3 Å². The first-order valence-electron chi connectivity index (χ1n) is 9.78. The Hall–Kier alpha value is -3.13. The fourth-order valence-electron chi connectivity index (χ4n) is 4.98. The van der Waals surface area contributed by atoms with Crippen molar-refractivity contribution in [2.45, 2.75) is 30.5 Å². The van der Waals surface area contributed by atoms with E-state index in [2.05, 4.69) is 0 Å². The van der Waals surface area contributed by atoms with Crippen molar-refractivity contribution in [1.29, 1.82) is 0 Å². The van der Waals surface area contributed by atoms with Gasteiger partial charge in [-0.05, 0) is 35.2 Å². The zero-order chi connectivity index (χ0) is 21.4. The molecule has 4 rings (SSSR count). The Morgan fingerprint density at radius 3 is 2.37 bits per heavy atom. The fraction of sp³-hybridized carbons (Fsp3) is 0.409. The molecule has 0 spiro atoms. The van der Waals surface area contributed by atoms with Crippen LogP contribution in [0.2, 0.25) is 0 Å². The Kier molecular flexibility index (Phi) is 5.34. The highest BCUT2D eigenvalue weighted by molar-refractivity contribution is 5.78. The second-order valence-electron chi connectivity index (χ2n) is 7.52. The highest BCUT2D eigenvalue weighted by Gasteiger charge is 2.60. The second-order valence-corrected chi connectivity index (χ2v) is 7.52. The van der Waals surface area contributed by atoms with Gasteiger partial charge in [0.25, 0.3) is 0 Å². The summed E-state index contributed by atoms with van der Waals surface area (Å²) < 4.78 is 15.9. The zero-order valence-corrected chi connectivity index (χ0v) is 17.1. The van der Waals surface area contributed by atoms with E-state index in [1.807, 2.05) is 47.4 Å². The molecule has 1 fully saturated rings. The number of methoxy groups -OCH3 is 3. The molecule has 30 heavy (non-hydrogen) atoms. The first kappa shape index (κ1) is 20.2. The lowest BCUT2D eigenvalue weighted by atomic mass is 9.84. The van der Waals surface area contributed by atoms with E-state index in [1.165, 1.54) is 14.2 Å². The van der Waals surface area contributed by atoms with Gasteiger partial charge in [0, 0.05) is 11.5 Å². The third-order valence-electron chi connectivity index (χ3n) is 6.22. The number of nitro groups is 1. The zero-order valence-electron chi connectivity index (χ0n) is 17.1. The summed E-state index contributed by atoms with van der Waals surface area (Å²) >= 11 is 0. The van der Waals surface area contributed by atoms with E-state index in [9.17, 15) is 14.9 Å². The molecule has 0 bridgehead atoms. The molecule has 158 valence electrons. The molecule has 2 aliphatic rings. The summed E-state index contributed by atoms with van der Waals surface area (Å²) in [7, 11) is 4.42. The molecular weight excluding hydrogens is 388 g/mol. The summed E-state index contributed by atoms with van der Waals surface area (Å²) in [4.78, 5) is 26.8. The number of carbonyl (C=O) groups is 1. The van der Waals surface area contributed by atoms with Crippen LogP contribution < -0.4 is 9.47 Å². The lowest BCUT2D eigenvalue weighted by Crippen LogP contribution is -2.43. The molecular formula is C22H24N2O6. The number of esters is 1. The average molecular weight is 412 g/mol. The van der Waals surface area contributed by atoms with Gasteiger partial charge >= 0.3 is 5.97 Å². The maximum Gasteiger partial charge on any atom is 0.324 e. The Balaban J connectivity index is 1.91. The van der Waals surface area contributed by atoms with E-state index in [0.717, 1.165) is 16.7 Å². The highest BCUT2D eigenvalue weighted by atomic mass is 16.6. The van der Waals surface area contributed by atoms with Crippen LogP contribution in [0.25, 0.3) is 0 Å². The molecule has 0 amide bonds. The van der Waals surface area contributed by atoms with Crippen LogP contribution in [-0.4, -0.2) is 55.8 Å². The molecule has 0 saturated carbocycles. The summed E-state index contributed by atoms with van der Waals surface area (Å²) in [6, 6.07) is 10.6. The fourth-order valence-corrected chi connectivity index (χ4v) is 4.98. The molecule has 0 aromatic heterocycles. The minimum Gasteiger partial charge on any atom is -0.493 e. The van der Waals surface area contributed by atoms with Crippen LogP contribution in [-0.2, 0) is 16.0 Å². The van der Waals surface area contributed by atoms with Crippen LogP contribution in [0.15, 0.2) is 42.5 Å². The predicted molar refractivity (Wildman–Crippen MR) is 108 cm³/mol. The van der Waals surface area contributed by atoms with E-state index >= 15 is 0 Å². The average Bonchev–Trinajstić information content (AvgIpc) is 3.14. The molecule has 2 heterocycles. The normalized spacial score (nSPS) is 25.2. The topological polar surface area (TPSA) is 91.1 Å². The Bertz CT molecular complexity index is 964. The SMILES string of the molecule is COC(=O)[C@@H]1[C@H](c2ccccc2)[C@@H]([N+](=O)[O-])[C@H]2c3cc(OC)c(OC)cc3CCN12. The minimum atomic E-state index is -1.01. The van der Waals surface area contributed by atoms with Gasteiger partial charge in [0.05, 0.1) is 27.2 Å². The Morgan fingerprint density at radius 2 is 1.77 bits per heavy atom. The first-order chi connectivity index (χ1) is 14.5. The van der Waals surface area contributed by atoms with Crippen molar-refractivity contribution in [3.8, 4) is 11.5 Å². The molecule has 2 aromatic rings.